The predicted octanol–water partition coefficient (Wildman–Crippen LogP) is -0.108. The average molecular weight is 189 g/mol. The van der Waals surface area contributed by atoms with Gasteiger partial charge in [0.15, 0.2) is 0 Å². The van der Waals surface area contributed by atoms with Gasteiger partial charge < -0.3 is 15.5 Å². The summed E-state index contributed by atoms with van der Waals surface area (Å²) in [6.45, 7) is 5.24. The van der Waals surface area contributed by atoms with Gasteiger partial charge in [-0.05, 0) is 6.42 Å². The number of hydrogen-bond acceptors (Lipinski definition) is 3. The molecule has 0 aromatic heterocycles. The van der Waals surface area contributed by atoms with Crippen LogP contribution in [0.15, 0.2) is 0 Å². The van der Waals surface area contributed by atoms with E-state index in [-0.39, 0.29) is 25.2 Å². The van der Waals surface area contributed by atoms with Gasteiger partial charge in [-0.3, -0.25) is 4.79 Å². The summed E-state index contributed by atoms with van der Waals surface area (Å²) < 4.78 is 0. The second-order valence-electron chi connectivity index (χ2n) is 4.12. The van der Waals surface area contributed by atoms with Gasteiger partial charge in [0.2, 0.25) is 5.91 Å². The number of carbonyl (C=O) groups excluding carboxylic acids is 1. The normalized spacial score (nSPS) is 13.9. The van der Waals surface area contributed by atoms with E-state index >= 15 is 0 Å². The van der Waals surface area contributed by atoms with Gasteiger partial charge in [-0.25, -0.2) is 0 Å². The van der Waals surface area contributed by atoms with Gasteiger partial charge >= 0.3 is 0 Å². The van der Waals surface area contributed by atoms with Crippen LogP contribution >= 0.6 is 0 Å². The van der Waals surface area contributed by atoms with Gasteiger partial charge in [0.25, 0.3) is 0 Å². The standard InChI is InChI=1S/C9H19NO3/c1-9(2,3)8(13)10-7(6-12)4-5-11/h7,11-12H,4-6H2,1-3H3,(H,10,13)/t7-/m1/s1. The number of nitrogens with one attached hydrogen (secondary N) is 1. The summed E-state index contributed by atoms with van der Waals surface area (Å²) >= 11 is 0. The molecule has 78 valence electrons. The molecule has 0 aliphatic rings. The highest BCUT2D eigenvalue weighted by Crippen LogP contribution is 2.13. The molecular weight excluding hydrogens is 170 g/mol. The number of rotatable bonds is 4. The molecule has 0 aromatic rings. The lowest BCUT2D eigenvalue weighted by Crippen LogP contribution is -2.43. The largest absolute Gasteiger partial charge is 0.396 e. The van der Waals surface area contributed by atoms with Crippen LogP contribution in [0.2, 0.25) is 0 Å². The van der Waals surface area contributed by atoms with Crippen molar-refractivity contribution in [3.63, 3.8) is 0 Å². The zero-order valence-electron chi connectivity index (χ0n) is 8.50. The van der Waals surface area contributed by atoms with E-state index in [0.717, 1.165) is 0 Å². The molecule has 0 radical (unpaired) electrons. The van der Waals surface area contributed by atoms with E-state index in [1.165, 1.54) is 0 Å². The molecule has 1 amide bonds. The molecule has 0 bridgehead atoms. The summed E-state index contributed by atoms with van der Waals surface area (Å²) in [4.78, 5) is 11.4. The number of aliphatic hydroxyl groups excluding tert-OH is 2. The lowest BCUT2D eigenvalue weighted by Gasteiger charge is -2.22. The summed E-state index contributed by atoms with van der Waals surface area (Å²) in [5, 5.41) is 20.1. The lowest BCUT2D eigenvalue weighted by molar-refractivity contribution is -0.129. The lowest BCUT2D eigenvalue weighted by atomic mass is 9.95. The Bertz CT molecular complexity index is 163. The Balaban J connectivity index is 4.01. The van der Waals surface area contributed by atoms with Gasteiger partial charge in [-0.1, -0.05) is 20.8 Å². The Morgan fingerprint density at radius 1 is 1.38 bits per heavy atom. The fourth-order valence-corrected chi connectivity index (χ4v) is 0.767. The van der Waals surface area contributed by atoms with Gasteiger partial charge in [0, 0.05) is 12.0 Å². The Labute approximate surface area is 79.0 Å². The van der Waals surface area contributed by atoms with Crippen LogP contribution in [0.4, 0.5) is 0 Å². The Morgan fingerprint density at radius 2 is 1.92 bits per heavy atom. The highest BCUT2D eigenvalue weighted by molar-refractivity contribution is 5.81. The van der Waals surface area contributed by atoms with Crippen LogP contribution in [0.3, 0.4) is 0 Å². The number of aliphatic hydroxyl groups is 2. The highest BCUT2D eigenvalue weighted by Gasteiger charge is 2.23. The molecule has 4 nitrogen and oxygen atoms in total. The van der Waals surface area contributed by atoms with Crippen LogP contribution < -0.4 is 5.32 Å². The van der Waals surface area contributed by atoms with Crippen LogP contribution in [-0.4, -0.2) is 35.4 Å². The summed E-state index contributed by atoms with van der Waals surface area (Å²) in [6.07, 6.45) is 0.387. The van der Waals surface area contributed by atoms with E-state index in [0.29, 0.717) is 6.42 Å². The zero-order valence-corrected chi connectivity index (χ0v) is 8.50. The predicted molar refractivity (Wildman–Crippen MR) is 50.2 cm³/mol. The molecule has 3 N–H and O–H groups in total. The van der Waals surface area contributed by atoms with E-state index in [4.69, 9.17) is 10.2 Å². The summed E-state index contributed by atoms with van der Waals surface area (Å²) in [5.74, 6) is -0.111. The fraction of sp³-hybridized carbons (Fsp3) is 0.889. The maximum Gasteiger partial charge on any atom is 0.225 e. The van der Waals surface area contributed by atoms with Crippen molar-refractivity contribution in [3.05, 3.63) is 0 Å². The molecule has 4 heteroatoms. The summed E-state index contributed by atoms with van der Waals surface area (Å²) in [7, 11) is 0. The molecular formula is C9H19NO3. The molecule has 1 atom stereocenters. The topological polar surface area (TPSA) is 69.6 Å². The molecule has 0 rings (SSSR count). The summed E-state index contributed by atoms with van der Waals surface area (Å²) in [5.41, 5.74) is -0.455. The molecule has 0 spiro atoms. The van der Waals surface area contributed by atoms with Crippen molar-refractivity contribution in [3.8, 4) is 0 Å². The molecule has 0 aliphatic carbocycles. The summed E-state index contributed by atoms with van der Waals surface area (Å²) in [6, 6.07) is -0.336. The van der Waals surface area contributed by atoms with Crippen molar-refractivity contribution < 1.29 is 15.0 Å². The molecule has 0 unspecified atom stereocenters. The maximum atomic E-state index is 11.4. The third kappa shape index (κ3) is 4.85. The van der Waals surface area contributed by atoms with Crippen molar-refractivity contribution >= 4 is 5.91 Å². The molecule has 13 heavy (non-hydrogen) atoms. The van der Waals surface area contributed by atoms with Crippen LogP contribution in [0.1, 0.15) is 27.2 Å². The van der Waals surface area contributed by atoms with E-state index in [1.807, 2.05) is 0 Å². The van der Waals surface area contributed by atoms with E-state index in [1.54, 1.807) is 20.8 Å². The molecule has 0 fully saturated rings. The van der Waals surface area contributed by atoms with Gasteiger partial charge in [0.1, 0.15) is 0 Å². The minimum absolute atomic E-state index is 0.0321. The van der Waals surface area contributed by atoms with Gasteiger partial charge in [0.05, 0.1) is 12.6 Å². The van der Waals surface area contributed by atoms with Crippen LogP contribution in [0, 0.1) is 5.41 Å². The quantitative estimate of drug-likeness (QED) is 0.578. The van der Waals surface area contributed by atoms with E-state index < -0.39 is 5.41 Å². The molecule has 0 heterocycles. The first kappa shape index (κ1) is 12.4. The minimum Gasteiger partial charge on any atom is -0.396 e. The minimum atomic E-state index is -0.455. The van der Waals surface area contributed by atoms with E-state index in [9.17, 15) is 4.79 Å². The van der Waals surface area contributed by atoms with Crippen molar-refractivity contribution in [1.82, 2.24) is 5.32 Å². The third-order valence-corrected chi connectivity index (χ3v) is 1.71. The molecule has 0 aromatic carbocycles. The second-order valence-corrected chi connectivity index (χ2v) is 4.12. The molecule has 0 aliphatic heterocycles. The van der Waals surface area contributed by atoms with Crippen LogP contribution in [0.25, 0.3) is 0 Å². The first-order valence-corrected chi connectivity index (χ1v) is 4.44. The van der Waals surface area contributed by atoms with Crippen molar-refractivity contribution in [1.29, 1.82) is 0 Å². The Morgan fingerprint density at radius 3 is 2.23 bits per heavy atom. The molecule has 0 saturated heterocycles. The van der Waals surface area contributed by atoms with E-state index in [2.05, 4.69) is 5.32 Å². The van der Waals surface area contributed by atoms with Gasteiger partial charge in [-0.15, -0.1) is 0 Å². The number of carbonyl (C=O) groups is 1. The highest BCUT2D eigenvalue weighted by atomic mass is 16.3. The van der Waals surface area contributed by atoms with Crippen molar-refractivity contribution in [2.24, 2.45) is 5.41 Å². The Hall–Kier alpha value is -0.610. The first-order valence-electron chi connectivity index (χ1n) is 4.44. The second kappa shape index (κ2) is 5.19. The number of amides is 1. The first-order chi connectivity index (χ1) is 5.91. The third-order valence-electron chi connectivity index (χ3n) is 1.71. The van der Waals surface area contributed by atoms with Crippen LogP contribution in [-0.2, 0) is 4.79 Å². The Kier molecular flexibility index (Phi) is 4.95. The van der Waals surface area contributed by atoms with Crippen molar-refractivity contribution in [2.75, 3.05) is 13.2 Å². The maximum absolute atomic E-state index is 11.4. The average Bonchev–Trinajstić information content (AvgIpc) is 2.01. The molecule has 0 saturated carbocycles. The fourth-order valence-electron chi connectivity index (χ4n) is 0.767. The smallest absolute Gasteiger partial charge is 0.225 e. The SMILES string of the molecule is CC(C)(C)C(=O)N[C@@H](CO)CCO. The van der Waals surface area contributed by atoms with Crippen molar-refractivity contribution in [2.45, 2.75) is 33.2 Å². The number of hydrogen-bond donors (Lipinski definition) is 3. The van der Waals surface area contributed by atoms with Gasteiger partial charge in [-0.2, -0.15) is 0 Å². The monoisotopic (exact) mass is 189 g/mol. The zero-order chi connectivity index (χ0) is 10.5. The van der Waals surface area contributed by atoms with Crippen LogP contribution in [0.5, 0.6) is 0 Å².